The molecule has 7 N–H and O–H groups in total. The van der Waals surface area contributed by atoms with Crippen molar-refractivity contribution >= 4 is 17.5 Å². The first kappa shape index (κ1) is 18.4. The third kappa shape index (κ3) is 4.53. The van der Waals surface area contributed by atoms with Crippen LogP contribution in [0.4, 0.5) is 5.69 Å². The van der Waals surface area contributed by atoms with Crippen molar-refractivity contribution < 1.29 is 14.7 Å². The van der Waals surface area contributed by atoms with Crippen molar-refractivity contribution in [3.8, 4) is 0 Å². The molecule has 0 aliphatic heterocycles. The summed E-state index contributed by atoms with van der Waals surface area (Å²) < 4.78 is 0. The lowest BCUT2D eigenvalue weighted by molar-refractivity contribution is -0.138. The number of hydrogen-bond acceptors (Lipinski definition) is 6. The number of hydrazine groups is 1. The lowest BCUT2D eigenvalue weighted by Crippen LogP contribution is -2.53. The number of carbonyl (C=O) groups is 2. The Bertz CT molecular complexity index is 587. The highest BCUT2D eigenvalue weighted by molar-refractivity contribution is 6.05. The second-order valence-electron chi connectivity index (χ2n) is 6.49. The number of rotatable bonds is 5. The van der Waals surface area contributed by atoms with E-state index in [9.17, 15) is 14.7 Å². The fraction of sp³-hybridized carbons (Fsp3) is 0.529. The van der Waals surface area contributed by atoms with Gasteiger partial charge in [0.15, 0.2) is 0 Å². The van der Waals surface area contributed by atoms with Gasteiger partial charge in [-0.3, -0.25) is 9.59 Å². The Labute approximate surface area is 141 Å². The number of nitrogens with zero attached hydrogens (tertiary/aromatic N) is 1. The summed E-state index contributed by atoms with van der Waals surface area (Å²) in [6.07, 6.45) is 4.69. The van der Waals surface area contributed by atoms with Crippen molar-refractivity contribution in [1.29, 1.82) is 0 Å². The molecule has 0 radical (unpaired) electrons. The van der Waals surface area contributed by atoms with Gasteiger partial charge in [-0.25, -0.2) is 10.9 Å². The summed E-state index contributed by atoms with van der Waals surface area (Å²) in [7, 11) is 0. The first-order valence-electron chi connectivity index (χ1n) is 8.32. The Balaban J connectivity index is 1.96. The molecule has 7 nitrogen and oxygen atoms in total. The molecule has 2 amide bonds. The van der Waals surface area contributed by atoms with Gasteiger partial charge in [0, 0.05) is 17.3 Å². The van der Waals surface area contributed by atoms with Crippen molar-refractivity contribution in [2.75, 3.05) is 5.73 Å². The molecule has 0 saturated heterocycles. The van der Waals surface area contributed by atoms with Crippen molar-refractivity contribution in [2.24, 2.45) is 17.5 Å². The molecule has 7 heteroatoms. The van der Waals surface area contributed by atoms with Crippen molar-refractivity contribution in [2.45, 2.75) is 50.7 Å². The molecule has 0 aromatic heterocycles. The third-order valence-corrected chi connectivity index (χ3v) is 4.58. The average Bonchev–Trinajstić information content (AvgIpc) is 2.60. The summed E-state index contributed by atoms with van der Waals surface area (Å²) in [5, 5.41) is 10.6. The van der Waals surface area contributed by atoms with Gasteiger partial charge in [0.1, 0.15) is 6.10 Å². The topological polar surface area (TPSA) is 136 Å². The van der Waals surface area contributed by atoms with Crippen LogP contribution in [0.15, 0.2) is 24.3 Å². The Morgan fingerprint density at radius 1 is 1.25 bits per heavy atom. The number of anilines is 1. The average molecular weight is 334 g/mol. The molecule has 132 valence electrons. The molecule has 2 atom stereocenters. The van der Waals surface area contributed by atoms with Crippen LogP contribution in [0.5, 0.6) is 0 Å². The van der Waals surface area contributed by atoms with E-state index in [4.69, 9.17) is 17.3 Å². The second-order valence-corrected chi connectivity index (χ2v) is 6.49. The maximum Gasteiger partial charge on any atom is 0.275 e. The molecular weight excluding hydrogens is 308 g/mol. The van der Waals surface area contributed by atoms with Crippen LogP contribution in [0.2, 0.25) is 0 Å². The molecule has 1 aliphatic carbocycles. The van der Waals surface area contributed by atoms with Gasteiger partial charge in [0.25, 0.3) is 11.8 Å². The van der Waals surface area contributed by atoms with Gasteiger partial charge >= 0.3 is 0 Å². The van der Waals surface area contributed by atoms with Crippen LogP contribution in [0.25, 0.3) is 0 Å². The van der Waals surface area contributed by atoms with E-state index in [1.807, 2.05) is 0 Å². The quantitative estimate of drug-likeness (QED) is 0.272. The number of amides is 2. The van der Waals surface area contributed by atoms with Crippen LogP contribution < -0.4 is 17.3 Å². The number of imide groups is 1. The Morgan fingerprint density at radius 2 is 1.92 bits per heavy atom. The molecular formula is C17H26N4O3. The number of hydrogen-bond donors (Lipinski definition) is 4. The zero-order chi connectivity index (χ0) is 17.7. The predicted molar refractivity (Wildman–Crippen MR) is 91.4 cm³/mol. The number of nitrogen functional groups attached to an aromatic ring is 1. The lowest BCUT2D eigenvalue weighted by atomic mass is 9.84. The number of benzene rings is 1. The Morgan fingerprint density at radius 3 is 2.54 bits per heavy atom. The number of aliphatic hydroxyl groups is 1. The van der Waals surface area contributed by atoms with Gasteiger partial charge in [-0.1, -0.05) is 38.2 Å². The number of nitrogens with two attached hydrogens (primary N) is 3. The zero-order valence-electron chi connectivity index (χ0n) is 13.7. The molecule has 1 fully saturated rings. The van der Waals surface area contributed by atoms with E-state index in [0.29, 0.717) is 23.0 Å². The first-order chi connectivity index (χ1) is 11.4. The monoisotopic (exact) mass is 334 g/mol. The largest absolute Gasteiger partial charge is 0.399 e. The van der Waals surface area contributed by atoms with Gasteiger partial charge < -0.3 is 16.6 Å². The highest BCUT2D eigenvalue weighted by Gasteiger charge is 2.31. The van der Waals surface area contributed by atoms with Crippen LogP contribution in [-0.2, 0) is 4.79 Å². The number of aliphatic hydroxyl groups excluding tert-OH is 1. The minimum Gasteiger partial charge on any atom is -0.399 e. The summed E-state index contributed by atoms with van der Waals surface area (Å²) in [5.41, 5.74) is 12.1. The van der Waals surface area contributed by atoms with E-state index in [1.165, 1.54) is 18.6 Å². The van der Waals surface area contributed by atoms with Crippen LogP contribution in [-0.4, -0.2) is 34.1 Å². The second kappa shape index (κ2) is 8.23. The predicted octanol–water partition coefficient (Wildman–Crippen LogP) is 0.770. The fourth-order valence-electron chi connectivity index (χ4n) is 3.17. The van der Waals surface area contributed by atoms with E-state index in [2.05, 4.69) is 0 Å². The van der Waals surface area contributed by atoms with Crippen molar-refractivity contribution in [3.63, 3.8) is 0 Å². The molecule has 1 aromatic rings. The highest BCUT2D eigenvalue weighted by Crippen LogP contribution is 2.27. The number of carbonyl (C=O) groups excluding carboxylic acids is 2. The van der Waals surface area contributed by atoms with Crippen LogP contribution in [0, 0.1) is 5.92 Å². The normalized spacial score (nSPS) is 18.0. The summed E-state index contributed by atoms with van der Waals surface area (Å²) in [6, 6.07) is 5.39. The first-order valence-corrected chi connectivity index (χ1v) is 8.32. The standard InChI is InChI=1S/C17H26N4O3/c18-13-8-4-7-12(10-13)16(23)21(20)17(24)15(22)14(19)9-11-5-2-1-3-6-11/h4,7-8,10-11,14-15,22H,1-3,5-6,9,18-20H2/t14-,15?/m1/s1. The van der Waals surface area contributed by atoms with Crippen LogP contribution in [0.3, 0.4) is 0 Å². The summed E-state index contributed by atoms with van der Waals surface area (Å²) >= 11 is 0. The van der Waals surface area contributed by atoms with E-state index in [0.717, 1.165) is 25.7 Å². The maximum atomic E-state index is 12.2. The summed E-state index contributed by atoms with van der Waals surface area (Å²) in [4.78, 5) is 24.5. The fourth-order valence-corrected chi connectivity index (χ4v) is 3.17. The van der Waals surface area contributed by atoms with Crippen LogP contribution >= 0.6 is 0 Å². The third-order valence-electron chi connectivity index (χ3n) is 4.58. The van der Waals surface area contributed by atoms with E-state index >= 15 is 0 Å². The smallest absolute Gasteiger partial charge is 0.275 e. The molecule has 0 bridgehead atoms. The maximum absolute atomic E-state index is 12.2. The van der Waals surface area contributed by atoms with E-state index < -0.39 is 24.0 Å². The summed E-state index contributed by atoms with van der Waals surface area (Å²) in [5.74, 6) is 4.38. The molecule has 1 aliphatic rings. The minimum atomic E-state index is -1.50. The Kier molecular flexibility index (Phi) is 6.30. The van der Waals surface area contributed by atoms with Crippen molar-refractivity contribution in [1.82, 2.24) is 5.01 Å². The van der Waals surface area contributed by atoms with Gasteiger partial charge in [0.2, 0.25) is 0 Å². The van der Waals surface area contributed by atoms with E-state index in [-0.39, 0.29) is 5.56 Å². The minimum absolute atomic E-state index is 0.180. The van der Waals surface area contributed by atoms with Crippen LogP contribution in [0.1, 0.15) is 48.9 Å². The molecule has 2 rings (SSSR count). The van der Waals surface area contributed by atoms with E-state index in [1.54, 1.807) is 12.1 Å². The van der Waals surface area contributed by atoms with Gasteiger partial charge in [-0.05, 0) is 30.5 Å². The highest BCUT2D eigenvalue weighted by atomic mass is 16.3. The molecule has 1 aromatic carbocycles. The molecule has 24 heavy (non-hydrogen) atoms. The Hall–Kier alpha value is -1.96. The molecule has 1 unspecified atom stereocenters. The summed E-state index contributed by atoms with van der Waals surface area (Å²) in [6.45, 7) is 0. The van der Waals surface area contributed by atoms with Gasteiger partial charge in [-0.2, -0.15) is 0 Å². The molecule has 0 heterocycles. The van der Waals surface area contributed by atoms with Gasteiger partial charge in [-0.15, -0.1) is 0 Å². The SMILES string of the molecule is Nc1cccc(C(=O)N(N)C(=O)C(O)[C@H](N)CC2CCCCC2)c1. The molecule has 0 spiro atoms. The zero-order valence-corrected chi connectivity index (χ0v) is 13.7. The lowest BCUT2D eigenvalue weighted by Gasteiger charge is -2.28. The molecule has 1 saturated carbocycles. The van der Waals surface area contributed by atoms with Gasteiger partial charge in [0.05, 0.1) is 0 Å². The van der Waals surface area contributed by atoms with Crippen molar-refractivity contribution in [3.05, 3.63) is 29.8 Å².